The molecule has 0 radical (unpaired) electrons. The van der Waals surface area contributed by atoms with Crippen molar-refractivity contribution in [2.75, 3.05) is 17.2 Å². The summed E-state index contributed by atoms with van der Waals surface area (Å²) in [4.78, 5) is 8.53. The summed E-state index contributed by atoms with van der Waals surface area (Å²) in [7, 11) is 0. The molecule has 0 saturated heterocycles. The normalized spacial score (nSPS) is 9.95. The molecular formula is C13H15N5O. The molecule has 0 aromatic carbocycles. The molecular weight excluding hydrogens is 242 g/mol. The molecule has 6 heteroatoms. The molecule has 2 aromatic rings. The van der Waals surface area contributed by atoms with Gasteiger partial charge in [-0.25, -0.2) is 9.97 Å². The molecule has 2 N–H and O–H groups in total. The maximum Gasteiger partial charge on any atom is 0.198 e. The Morgan fingerprint density at radius 1 is 1.26 bits per heavy atom. The van der Waals surface area contributed by atoms with Crippen molar-refractivity contribution in [3.05, 3.63) is 29.8 Å². The van der Waals surface area contributed by atoms with Crippen molar-refractivity contribution in [2.45, 2.75) is 20.3 Å². The summed E-state index contributed by atoms with van der Waals surface area (Å²) in [6.07, 6.45) is 0.434. The number of anilines is 3. The van der Waals surface area contributed by atoms with Crippen molar-refractivity contribution in [3.63, 3.8) is 0 Å². The smallest absolute Gasteiger partial charge is 0.198 e. The lowest BCUT2D eigenvalue weighted by Gasteiger charge is -2.07. The van der Waals surface area contributed by atoms with Crippen molar-refractivity contribution < 1.29 is 4.42 Å². The van der Waals surface area contributed by atoms with Gasteiger partial charge in [-0.1, -0.05) is 0 Å². The van der Waals surface area contributed by atoms with E-state index >= 15 is 0 Å². The van der Waals surface area contributed by atoms with Crippen LogP contribution in [0, 0.1) is 25.2 Å². The number of nitrogens with one attached hydrogen (secondary N) is 2. The van der Waals surface area contributed by atoms with E-state index in [0.29, 0.717) is 36.3 Å². The topological polar surface area (TPSA) is 86.8 Å². The molecule has 0 aliphatic rings. The maximum atomic E-state index is 8.50. The second kappa shape index (κ2) is 5.87. The maximum absolute atomic E-state index is 8.50. The van der Waals surface area contributed by atoms with Gasteiger partial charge in [-0.2, -0.15) is 5.26 Å². The zero-order chi connectivity index (χ0) is 13.7. The van der Waals surface area contributed by atoms with E-state index in [-0.39, 0.29) is 0 Å². The first kappa shape index (κ1) is 12.9. The predicted molar refractivity (Wildman–Crippen MR) is 72.2 cm³/mol. The Hall–Kier alpha value is -2.55. The van der Waals surface area contributed by atoms with Crippen LogP contribution in [0.4, 0.5) is 17.5 Å². The molecule has 0 amide bonds. The summed E-state index contributed by atoms with van der Waals surface area (Å²) in [5, 5.41) is 14.7. The van der Waals surface area contributed by atoms with Gasteiger partial charge < -0.3 is 15.1 Å². The summed E-state index contributed by atoms with van der Waals surface area (Å²) >= 11 is 0. The number of hydrogen-bond acceptors (Lipinski definition) is 6. The zero-order valence-electron chi connectivity index (χ0n) is 10.9. The lowest BCUT2D eigenvalue weighted by molar-refractivity contribution is 0.551. The first-order valence-corrected chi connectivity index (χ1v) is 5.97. The molecule has 0 atom stereocenters. The SMILES string of the molecule is Cc1nc(NCCC#N)cc(Nc2ccc(C)o2)n1. The molecule has 0 bridgehead atoms. The Morgan fingerprint density at radius 2 is 2.05 bits per heavy atom. The van der Waals surface area contributed by atoms with Gasteiger partial charge in [-0.05, 0) is 19.9 Å². The molecule has 2 rings (SSSR count). The van der Waals surface area contributed by atoms with Gasteiger partial charge in [0, 0.05) is 18.7 Å². The fraction of sp³-hybridized carbons (Fsp3) is 0.308. The fourth-order valence-corrected chi connectivity index (χ4v) is 1.60. The zero-order valence-corrected chi connectivity index (χ0v) is 10.9. The van der Waals surface area contributed by atoms with Gasteiger partial charge in [0.15, 0.2) is 5.88 Å². The highest BCUT2D eigenvalue weighted by atomic mass is 16.4. The first-order chi connectivity index (χ1) is 9.17. The van der Waals surface area contributed by atoms with Crippen LogP contribution < -0.4 is 10.6 Å². The lowest BCUT2D eigenvalue weighted by Crippen LogP contribution is -2.05. The first-order valence-electron chi connectivity index (χ1n) is 5.97. The fourth-order valence-electron chi connectivity index (χ4n) is 1.60. The second-order valence-electron chi connectivity index (χ2n) is 4.06. The second-order valence-corrected chi connectivity index (χ2v) is 4.06. The average Bonchev–Trinajstić information content (AvgIpc) is 2.74. The van der Waals surface area contributed by atoms with Crippen molar-refractivity contribution in [1.82, 2.24) is 9.97 Å². The standard InChI is InChI=1S/C13H15N5O/c1-9-4-5-13(19-9)18-12-8-11(15-7-3-6-14)16-10(2)17-12/h4-5,8H,3,7H2,1-2H3,(H2,15,16,17,18). The highest BCUT2D eigenvalue weighted by Gasteiger charge is 2.04. The summed E-state index contributed by atoms with van der Waals surface area (Å²) in [5.41, 5.74) is 0. The van der Waals surface area contributed by atoms with Crippen LogP contribution in [0.1, 0.15) is 18.0 Å². The Bertz CT molecular complexity index is 599. The van der Waals surface area contributed by atoms with E-state index in [1.807, 2.05) is 26.0 Å². The van der Waals surface area contributed by atoms with E-state index in [0.717, 1.165) is 5.76 Å². The summed E-state index contributed by atoms with van der Waals surface area (Å²) in [5.74, 6) is 3.46. The summed E-state index contributed by atoms with van der Waals surface area (Å²) in [6.45, 7) is 4.26. The highest BCUT2D eigenvalue weighted by Crippen LogP contribution is 2.19. The van der Waals surface area contributed by atoms with Crippen LogP contribution in [0.5, 0.6) is 0 Å². The van der Waals surface area contributed by atoms with Crippen LogP contribution in [-0.2, 0) is 0 Å². The van der Waals surface area contributed by atoms with Crippen LogP contribution in [0.15, 0.2) is 22.6 Å². The number of furan rings is 1. The molecule has 0 aliphatic heterocycles. The van der Waals surface area contributed by atoms with E-state index < -0.39 is 0 Å². The highest BCUT2D eigenvalue weighted by molar-refractivity contribution is 5.55. The average molecular weight is 257 g/mol. The largest absolute Gasteiger partial charge is 0.446 e. The molecule has 0 unspecified atom stereocenters. The van der Waals surface area contributed by atoms with Gasteiger partial charge in [0.1, 0.15) is 23.2 Å². The minimum Gasteiger partial charge on any atom is -0.446 e. The number of hydrogen-bond donors (Lipinski definition) is 2. The van der Waals surface area contributed by atoms with E-state index in [9.17, 15) is 0 Å². The van der Waals surface area contributed by atoms with Crippen molar-refractivity contribution >= 4 is 17.5 Å². The number of nitrogens with zero attached hydrogens (tertiary/aromatic N) is 3. The third kappa shape index (κ3) is 3.71. The van der Waals surface area contributed by atoms with Gasteiger partial charge in [-0.3, -0.25) is 0 Å². The third-order valence-corrected chi connectivity index (χ3v) is 2.37. The van der Waals surface area contributed by atoms with Gasteiger partial charge in [-0.15, -0.1) is 0 Å². The third-order valence-electron chi connectivity index (χ3n) is 2.37. The lowest BCUT2D eigenvalue weighted by atomic mass is 10.4. The molecule has 2 aromatic heterocycles. The van der Waals surface area contributed by atoms with E-state index in [4.69, 9.17) is 9.68 Å². The molecule has 98 valence electrons. The molecule has 0 saturated carbocycles. The molecule has 6 nitrogen and oxygen atoms in total. The van der Waals surface area contributed by atoms with E-state index in [2.05, 4.69) is 26.7 Å². The van der Waals surface area contributed by atoms with Crippen LogP contribution in [0.25, 0.3) is 0 Å². The van der Waals surface area contributed by atoms with Gasteiger partial charge in [0.2, 0.25) is 0 Å². The Balaban J connectivity index is 2.10. The van der Waals surface area contributed by atoms with Gasteiger partial charge >= 0.3 is 0 Å². The Morgan fingerprint density at radius 3 is 2.74 bits per heavy atom. The van der Waals surface area contributed by atoms with Gasteiger partial charge in [0.25, 0.3) is 0 Å². The molecule has 0 fully saturated rings. The number of rotatable bonds is 5. The van der Waals surface area contributed by atoms with Crippen LogP contribution >= 0.6 is 0 Å². The molecule has 2 heterocycles. The molecule has 0 spiro atoms. The minimum atomic E-state index is 0.434. The summed E-state index contributed by atoms with van der Waals surface area (Å²) < 4.78 is 5.43. The van der Waals surface area contributed by atoms with Crippen molar-refractivity contribution in [1.29, 1.82) is 5.26 Å². The van der Waals surface area contributed by atoms with Crippen LogP contribution in [-0.4, -0.2) is 16.5 Å². The minimum absolute atomic E-state index is 0.434. The number of aryl methyl sites for hydroxylation is 2. The molecule has 19 heavy (non-hydrogen) atoms. The Labute approximate surface area is 111 Å². The van der Waals surface area contributed by atoms with E-state index in [1.54, 1.807) is 6.07 Å². The molecule has 0 aliphatic carbocycles. The number of nitriles is 1. The monoisotopic (exact) mass is 257 g/mol. The predicted octanol–water partition coefficient (Wildman–Crippen LogP) is 2.76. The van der Waals surface area contributed by atoms with Crippen molar-refractivity contribution in [2.24, 2.45) is 0 Å². The van der Waals surface area contributed by atoms with Crippen LogP contribution in [0.2, 0.25) is 0 Å². The number of aromatic nitrogens is 2. The van der Waals surface area contributed by atoms with Gasteiger partial charge in [0.05, 0.1) is 12.5 Å². The van der Waals surface area contributed by atoms with E-state index in [1.165, 1.54) is 0 Å². The van der Waals surface area contributed by atoms with Crippen molar-refractivity contribution in [3.8, 4) is 6.07 Å². The summed E-state index contributed by atoms with van der Waals surface area (Å²) in [6, 6.07) is 7.57. The Kier molecular flexibility index (Phi) is 3.98. The van der Waals surface area contributed by atoms with Crippen LogP contribution in [0.3, 0.4) is 0 Å². The quantitative estimate of drug-likeness (QED) is 0.801.